The van der Waals surface area contributed by atoms with Crippen molar-refractivity contribution in [3.05, 3.63) is 22.8 Å². The van der Waals surface area contributed by atoms with Gasteiger partial charge >= 0.3 is 5.97 Å². The first-order valence-corrected chi connectivity index (χ1v) is 7.16. The maximum atomic E-state index is 10.7. The topological polar surface area (TPSA) is 45.7 Å². The van der Waals surface area contributed by atoms with Crippen LogP contribution in [0.25, 0.3) is 0 Å². The van der Waals surface area contributed by atoms with Gasteiger partial charge in [0.1, 0.15) is 12.4 Å². The zero-order valence-electron chi connectivity index (χ0n) is 11.0. The lowest BCUT2D eigenvalue weighted by Gasteiger charge is -2.35. The number of carbonyl (C=O) groups is 1. The molecular formula is C13H18BrN3O2. The van der Waals surface area contributed by atoms with Crippen molar-refractivity contribution in [1.29, 1.82) is 0 Å². The largest absolute Gasteiger partial charge is 0.465 e. The minimum atomic E-state index is -0.210. The third kappa shape index (κ3) is 4.47. The van der Waals surface area contributed by atoms with Crippen molar-refractivity contribution in [2.24, 2.45) is 0 Å². The number of carbonyl (C=O) groups excluding carboxylic acids is 1. The third-order valence-corrected chi connectivity index (χ3v) is 3.59. The minimum Gasteiger partial charge on any atom is -0.465 e. The Morgan fingerprint density at radius 2 is 2.11 bits per heavy atom. The quantitative estimate of drug-likeness (QED) is 0.785. The van der Waals surface area contributed by atoms with Gasteiger partial charge in [-0.05, 0) is 28.1 Å². The highest BCUT2D eigenvalue weighted by Crippen LogP contribution is 2.16. The van der Waals surface area contributed by atoms with E-state index >= 15 is 0 Å². The van der Waals surface area contributed by atoms with Gasteiger partial charge in [0.2, 0.25) is 0 Å². The van der Waals surface area contributed by atoms with Crippen LogP contribution in [-0.4, -0.2) is 55.2 Å². The molecule has 0 aromatic carbocycles. The summed E-state index contributed by atoms with van der Waals surface area (Å²) in [5.74, 6) is 0.806. The van der Waals surface area contributed by atoms with Crippen molar-refractivity contribution < 1.29 is 9.53 Å². The van der Waals surface area contributed by atoms with E-state index in [4.69, 9.17) is 4.74 Å². The van der Waals surface area contributed by atoms with Crippen LogP contribution in [0.5, 0.6) is 0 Å². The number of nitrogens with zero attached hydrogens (tertiary/aromatic N) is 3. The molecule has 1 aliphatic heterocycles. The molecule has 0 atom stereocenters. The highest BCUT2D eigenvalue weighted by atomic mass is 79.9. The fourth-order valence-corrected chi connectivity index (χ4v) is 2.31. The van der Waals surface area contributed by atoms with E-state index in [0.717, 1.165) is 43.0 Å². The summed E-state index contributed by atoms with van der Waals surface area (Å²) in [5.41, 5.74) is 0. The van der Waals surface area contributed by atoms with Gasteiger partial charge in [0.15, 0.2) is 0 Å². The minimum absolute atomic E-state index is 0.210. The summed E-state index contributed by atoms with van der Waals surface area (Å²) >= 11 is 3.39. The smallest absolute Gasteiger partial charge is 0.302 e. The number of ether oxygens (including phenoxy) is 1. The molecule has 1 saturated heterocycles. The van der Waals surface area contributed by atoms with Crippen molar-refractivity contribution in [3.8, 4) is 0 Å². The first kappa shape index (κ1) is 14.3. The van der Waals surface area contributed by atoms with Gasteiger partial charge in [-0.1, -0.05) is 0 Å². The second-order valence-electron chi connectivity index (χ2n) is 4.50. The molecule has 19 heavy (non-hydrogen) atoms. The monoisotopic (exact) mass is 327 g/mol. The fourth-order valence-electron chi connectivity index (χ4n) is 2.07. The lowest BCUT2D eigenvalue weighted by atomic mass is 10.3. The highest BCUT2D eigenvalue weighted by Gasteiger charge is 2.17. The number of piperazine rings is 1. The lowest BCUT2D eigenvalue weighted by Crippen LogP contribution is -2.47. The van der Waals surface area contributed by atoms with Crippen LogP contribution in [0.4, 0.5) is 5.82 Å². The summed E-state index contributed by atoms with van der Waals surface area (Å²) in [6.45, 7) is 6.58. The molecule has 2 rings (SSSR count). The Hall–Kier alpha value is -1.14. The predicted molar refractivity (Wildman–Crippen MR) is 77.2 cm³/mol. The van der Waals surface area contributed by atoms with Gasteiger partial charge in [0.25, 0.3) is 0 Å². The summed E-state index contributed by atoms with van der Waals surface area (Å²) in [7, 11) is 0. The van der Waals surface area contributed by atoms with Crippen molar-refractivity contribution in [3.63, 3.8) is 0 Å². The number of pyridine rings is 1. The van der Waals surface area contributed by atoms with Crippen LogP contribution in [0.2, 0.25) is 0 Å². The number of hydrogen-bond donors (Lipinski definition) is 0. The molecule has 0 spiro atoms. The molecule has 0 amide bonds. The third-order valence-electron chi connectivity index (χ3n) is 3.12. The second-order valence-corrected chi connectivity index (χ2v) is 5.42. The first-order valence-electron chi connectivity index (χ1n) is 6.37. The molecule has 1 fully saturated rings. The van der Waals surface area contributed by atoms with Crippen molar-refractivity contribution >= 4 is 27.7 Å². The van der Waals surface area contributed by atoms with E-state index in [2.05, 4.69) is 30.7 Å². The molecular weight excluding hydrogens is 310 g/mol. The standard InChI is InChI=1S/C13H18BrN3O2/c1-11(18)19-9-8-16-4-6-17(7-5-16)13-3-2-12(14)10-15-13/h2-3,10H,4-9H2,1H3. The van der Waals surface area contributed by atoms with Crippen molar-refractivity contribution in [1.82, 2.24) is 9.88 Å². The Labute approximate surface area is 121 Å². The molecule has 0 unspecified atom stereocenters. The summed E-state index contributed by atoms with van der Waals surface area (Å²) in [5, 5.41) is 0. The van der Waals surface area contributed by atoms with Crippen LogP contribution in [0, 0.1) is 0 Å². The van der Waals surface area contributed by atoms with Crippen LogP contribution < -0.4 is 4.90 Å². The summed E-state index contributed by atoms with van der Waals surface area (Å²) in [4.78, 5) is 19.7. The summed E-state index contributed by atoms with van der Waals surface area (Å²) < 4.78 is 5.95. The van der Waals surface area contributed by atoms with Crippen LogP contribution in [-0.2, 0) is 9.53 Å². The predicted octanol–water partition coefficient (Wildman–Crippen LogP) is 1.53. The van der Waals surface area contributed by atoms with E-state index in [1.165, 1.54) is 6.92 Å². The lowest BCUT2D eigenvalue weighted by molar-refractivity contribution is -0.141. The van der Waals surface area contributed by atoms with Gasteiger partial charge in [0, 0.05) is 50.3 Å². The Morgan fingerprint density at radius 3 is 2.68 bits per heavy atom. The number of hydrogen-bond acceptors (Lipinski definition) is 5. The van der Waals surface area contributed by atoms with Crippen LogP contribution in [0.1, 0.15) is 6.92 Å². The number of anilines is 1. The molecule has 0 radical (unpaired) electrons. The molecule has 6 heteroatoms. The van der Waals surface area contributed by atoms with Gasteiger partial charge in [-0.3, -0.25) is 9.69 Å². The molecule has 0 aliphatic carbocycles. The average molecular weight is 328 g/mol. The van der Waals surface area contributed by atoms with Crippen molar-refractivity contribution in [2.75, 3.05) is 44.2 Å². The number of halogens is 1. The first-order chi connectivity index (χ1) is 9.15. The van der Waals surface area contributed by atoms with Crippen LogP contribution in [0.3, 0.4) is 0 Å². The molecule has 1 aromatic heterocycles. The van der Waals surface area contributed by atoms with Crippen LogP contribution >= 0.6 is 15.9 Å². The van der Waals surface area contributed by atoms with E-state index < -0.39 is 0 Å². The maximum absolute atomic E-state index is 10.7. The number of rotatable bonds is 4. The molecule has 0 bridgehead atoms. The van der Waals surface area contributed by atoms with E-state index in [-0.39, 0.29) is 5.97 Å². The Morgan fingerprint density at radius 1 is 1.37 bits per heavy atom. The van der Waals surface area contributed by atoms with Gasteiger partial charge in [0.05, 0.1) is 0 Å². The molecule has 1 aromatic rings. The Bertz CT molecular complexity index is 416. The number of aromatic nitrogens is 1. The SMILES string of the molecule is CC(=O)OCCN1CCN(c2ccc(Br)cn2)CC1. The molecule has 5 nitrogen and oxygen atoms in total. The van der Waals surface area contributed by atoms with Gasteiger partial charge in [-0.2, -0.15) is 0 Å². The van der Waals surface area contributed by atoms with Gasteiger partial charge in [-0.15, -0.1) is 0 Å². The Kier molecular flexibility index (Phi) is 5.15. The maximum Gasteiger partial charge on any atom is 0.302 e. The summed E-state index contributed by atoms with van der Waals surface area (Å²) in [6, 6.07) is 4.04. The highest BCUT2D eigenvalue weighted by molar-refractivity contribution is 9.10. The molecule has 104 valence electrons. The summed E-state index contributed by atoms with van der Waals surface area (Å²) in [6.07, 6.45) is 1.82. The van der Waals surface area contributed by atoms with E-state index in [1.54, 1.807) is 0 Å². The normalized spacial score (nSPS) is 16.4. The van der Waals surface area contributed by atoms with Crippen molar-refractivity contribution in [2.45, 2.75) is 6.92 Å². The van der Waals surface area contributed by atoms with Crippen LogP contribution in [0.15, 0.2) is 22.8 Å². The zero-order valence-corrected chi connectivity index (χ0v) is 12.6. The zero-order chi connectivity index (χ0) is 13.7. The van der Waals surface area contributed by atoms with Gasteiger partial charge in [-0.25, -0.2) is 4.98 Å². The molecule has 2 heterocycles. The van der Waals surface area contributed by atoms with Gasteiger partial charge < -0.3 is 9.64 Å². The number of esters is 1. The fraction of sp³-hybridized carbons (Fsp3) is 0.538. The Balaban J connectivity index is 1.76. The second kappa shape index (κ2) is 6.86. The molecule has 0 saturated carbocycles. The molecule has 1 aliphatic rings. The average Bonchev–Trinajstić information content (AvgIpc) is 2.40. The molecule has 0 N–H and O–H groups in total. The van der Waals surface area contributed by atoms with E-state index in [1.807, 2.05) is 18.3 Å². The van der Waals surface area contributed by atoms with E-state index in [9.17, 15) is 4.79 Å². The van der Waals surface area contributed by atoms with E-state index in [0.29, 0.717) is 6.61 Å².